The molecule has 9 nitrogen and oxygen atoms in total. The van der Waals surface area contributed by atoms with Gasteiger partial charge in [-0.15, -0.1) is 10.2 Å². The number of nitrogens with zero attached hydrogens (tertiary/aromatic N) is 3. The molecule has 0 saturated heterocycles. The minimum Gasteiger partial charge on any atom is -0.493 e. The first-order valence-electron chi connectivity index (χ1n) is 7.86. The van der Waals surface area contributed by atoms with Gasteiger partial charge in [0.05, 0.1) is 24.0 Å². The van der Waals surface area contributed by atoms with Crippen LogP contribution in [0.4, 0.5) is 17.2 Å². The molecule has 1 saturated carbocycles. The van der Waals surface area contributed by atoms with Crippen LogP contribution in [0.25, 0.3) is 0 Å². The SMILES string of the molecule is COc1c(C#N)cccc1Nc1cc(NC(=O)C2CC2)nnc1C(N)=O. The van der Waals surface area contributed by atoms with E-state index in [2.05, 4.69) is 20.8 Å². The number of para-hydroxylation sites is 1. The fourth-order valence-electron chi connectivity index (χ4n) is 2.39. The number of nitriles is 1. The Morgan fingerprint density at radius 3 is 2.69 bits per heavy atom. The van der Waals surface area contributed by atoms with Crippen molar-refractivity contribution in [2.24, 2.45) is 11.7 Å². The molecule has 4 N–H and O–H groups in total. The summed E-state index contributed by atoms with van der Waals surface area (Å²) in [5.74, 6) is -0.413. The molecule has 1 aromatic carbocycles. The van der Waals surface area contributed by atoms with E-state index >= 15 is 0 Å². The summed E-state index contributed by atoms with van der Waals surface area (Å²) in [6.45, 7) is 0. The molecule has 2 aromatic rings. The van der Waals surface area contributed by atoms with Crippen molar-refractivity contribution in [3.8, 4) is 11.8 Å². The maximum absolute atomic E-state index is 11.9. The molecule has 0 atom stereocenters. The van der Waals surface area contributed by atoms with E-state index in [9.17, 15) is 14.9 Å². The van der Waals surface area contributed by atoms with Crippen molar-refractivity contribution in [1.29, 1.82) is 5.26 Å². The highest BCUT2D eigenvalue weighted by molar-refractivity contribution is 5.99. The third-order valence-corrected chi connectivity index (χ3v) is 3.84. The van der Waals surface area contributed by atoms with Gasteiger partial charge in [0.2, 0.25) is 5.91 Å². The number of nitrogens with one attached hydrogen (secondary N) is 2. The van der Waals surface area contributed by atoms with Crippen LogP contribution in [-0.2, 0) is 4.79 Å². The fraction of sp³-hybridized carbons (Fsp3) is 0.235. The van der Waals surface area contributed by atoms with Crippen molar-refractivity contribution in [3.63, 3.8) is 0 Å². The van der Waals surface area contributed by atoms with Crippen LogP contribution in [0.15, 0.2) is 24.3 Å². The average molecular weight is 352 g/mol. The largest absolute Gasteiger partial charge is 0.493 e. The monoisotopic (exact) mass is 352 g/mol. The topological polar surface area (TPSA) is 143 Å². The minimum atomic E-state index is -0.782. The standard InChI is InChI=1S/C17H16N6O3/c1-26-15-10(8-18)3-2-4-11(15)20-12-7-13(21-17(25)9-5-6-9)22-23-14(12)16(19)24/h2-4,7,9H,5-6H2,1H3,(H2,19,24)(H2,20,21,22,25). The second kappa shape index (κ2) is 7.06. The van der Waals surface area contributed by atoms with Crippen molar-refractivity contribution in [3.05, 3.63) is 35.5 Å². The lowest BCUT2D eigenvalue weighted by molar-refractivity contribution is -0.117. The van der Waals surface area contributed by atoms with Crippen LogP contribution in [-0.4, -0.2) is 29.1 Å². The number of carbonyl (C=O) groups is 2. The van der Waals surface area contributed by atoms with Gasteiger partial charge in [0, 0.05) is 12.0 Å². The Bertz CT molecular complexity index is 917. The molecule has 1 fully saturated rings. The van der Waals surface area contributed by atoms with Crippen LogP contribution >= 0.6 is 0 Å². The van der Waals surface area contributed by atoms with E-state index in [1.807, 2.05) is 6.07 Å². The molecule has 0 radical (unpaired) electrons. The molecule has 0 bridgehead atoms. The van der Waals surface area contributed by atoms with E-state index in [0.29, 0.717) is 17.0 Å². The summed E-state index contributed by atoms with van der Waals surface area (Å²) in [6.07, 6.45) is 1.70. The number of amides is 2. The van der Waals surface area contributed by atoms with E-state index in [1.165, 1.54) is 13.2 Å². The van der Waals surface area contributed by atoms with E-state index in [1.54, 1.807) is 18.2 Å². The number of primary amides is 1. The van der Waals surface area contributed by atoms with Crippen LogP contribution in [0.2, 0.25) is 0 Å². The summed E-state index contributed by atoms with van der Waals surface area (Å²) >= 11 is 0. The quantitative estimate of drug-likeness (QED) is 0.715. The number of aromatic nitrogens is 2. The van der Waals surface area contributed by atoms with Gasteiger partial charge in [0.15, 0.2) is 17.3 Å². The number of anilines is 3. The first kappa shape index (κ1) is 17.2. The number of carbonyl (C=O) groups excluding carboxylic acids is 2. The predicted octanol–water partition coefficient (Wildman–Crippen LogP) is 1.55. The number of hydrogen-bond acceptors (Lipinski definition) is 7. The lowest BCUT2D eigenvalue weighted by atomic mass is 10.1. The van der Waals surface area contributed by atoms with E-state index in [-0.39, 0.29) is 29.0 Å². The van der Waals surface area contributed by atoms with Gasteiger partial charge in [-0.2, -0.15) is 5.26 Å². The van der Waals surface area contributed by atoms with E-state index in [4.69, 9.17) is 10.5 Å². The Morgan fingerprint density at radius 1 is 1.31 bits per heavy atom. The summed E-state index contributed by atoms with van der Waals surface area (Å²) in [5, 5.41) is 22.4. The molecule has 132 valence electrons. The van der Waals surface area contributed by atoms with Crippen molar-refractivity contribution < 1.29 is 14.3 Å². The first-order valence-corrected chi connectivity index (χ1v) is 7.86. The molecule has 2 amide bonds. The Hall–Kier alpha value is -3.67. The molecule has 26 heavy (non-hydrogen) atoms. The third-order valence-electron chi connectivity index (χ3n) is 3.84. The molecule has 1 aromatic heterocycles. The summed E-state index contributed by atoms with van der Waals surface area (Å²) in [6, 6.07) is 8.43. The van der Waals surface area contributed by atoms with Crippen LogP contribution in [0.3, 0.4) is 0 Å². The summed E-state index contributed by atoms with van der Waals surface area (Å²) in [7, 11) is 1.43. The van der Waals surface area contributed by atoms with Crippen LogP contribution in [0.1, 0.15) is 28.9 Å². The molecular weight excluding hydrogens is 336 g/mol. The highest BCUT2D eigenvalue weighted by Gasteiger charge is 2.30. The molecule has 9 heteroatoms. The number of ether oxygens (including phenoxy) is 1. The highest BCUT2D eigenvalue weighted by atomic mass is 16.5. The minimum absolute atomic E-state index is 0.00331. The van der Waals surface area contributed by atoms with Crippen molar-refractivity contribution >= 4 is 29.0 Å². The van der Waals surface area contributed by atoms with Gasteiger partial charge in [-0.3, -0.25) is 9.59 Å². The average Bonchev–Trinajstić information content (AvgIpc) is 3.46. The molecule has 0 spiro atoms. The zero-order valence-corrected chi connectivity index (χ0v) is 13.9. The zero-order valence-electron chi connectivity index (χ0n) is 13.9. The lowest BCUT2D eigenvalue weighted by Crippen LogP contribution is -2.19. The third kappa shape index (κ3) is 3.54. The van der Waals surface area contributed by atoms with Gasteiger partial charge in [-0.05, 0) is 25.0 Å². The van der Waals surface area contributed by atoms with Gasteiger partial charge >= 0.3 is 0 Å². The Kier molecular flexibility index (Phi) is 4.66. The predicted molar refractivity (Wildman–Crippen MR) is 92.9 cm³/mol. The summed E-state index contributed by atoms with van der Waals surface area (Å²) < 4.78 is 5.27. The maximum Gasteiger partial charge on any atom is 0.271 e. The van der Waals surface area contributed by atoms with Crippen LogP contribution in [0, 0.1) is 17.2 Å². The van der Waals surface area contributed by atoms with Crippen LogP contribution < -0.4 is 21.1 Å². The molecule has 1 heterocycles. The zero-order chi connectivity index (χ0) is 18.7. The fourth-order valence-corrected chi connectivity index (χ4v) is 2.39. The van der Waals surface area contributed by atoms with Crippen molar-refractivity contribution in [1.82, 2.24) is 10.2 Å². The van der Waals surface area contributed by atoms with Gasteiger partial charge in [-0.1, -0.05) is 6.07 Å². The molecule has 1 aliphatic carbocycles. The Balaban J connectivity index is 1.96. The highest BCUT2D eigenvalue weighted by Crippen LogP contribution is 2.33. The summed E-state index contributed by atoms with van der Waals surface area (Å²) in [4.78, 5) is 23.6. The smallest absolute Gasteiger partial charge is 0.271 e. The molecule has 1 aliphatic rings. The first-order chi connectivity index (χ1) is 12.5. The summed E-state index contributed by atoms with van der Waals surface area (Å²) in [5.41, 5.74) is 6.26. The lowest BCUT2D eigenvalue weighted by Gasteiger charge is -2.14. The maximum atomic E-state index is 11.9. The number of nitrogens with two attached hydrogens (primary N) is 1. The van der Waals surface area contributed by atoms with Gasteiger partial charge < -0.3 is 21.1 Å². The van der Waals surface area contributed by atoms with Crippen molar-refractivity contribution in [2.75, 3.05) is 17.7 Å². The van der Waals surface area contributed by atoms with Crippen molar-refractivity contribution in [2.45, 2.75) is 12.8 Å². The Labute approximate surface area is 149 Å². The molecule has 0 unspecified atom stereocenters. The second-order valence-electron chi connectivity index (χ2n) is 5.74. The Morgan fingerprint density at radius 2 is 2.08 bits per heavy atom. The van der Waals surface area contributed by atoms with E-state index in [0.717, 1.165) is 12.8 Å². The number of rotatable bonds is 6. The molecule has 3 rings (SSSR count). The van der Waals surface area contributed by atoms with E-state index < -0.39 is 5.91 Å². The van der Waals surface area contributed by atoms with Gasteiger partial charge in [0.1, 0.15) is 6.07 Å². The van der Waals surface area contributed by atoms with Gasteiger partial charge in [0.25, 0.3) is 5.91 Å². The van der Waals surface area contributed by atoms with Gasteiger partial charge in [-0.25, -0.2) is 0 Å². The number of hydrogen-bond donors (Lipinski definition) is 3. The van der Waals surface area contributed by atoms with Crippen LogP contribution in [0.5, 0.6) is 5.75 Å². The molecular formula is C17H16N6O3. The number of benzene rings is 1. The normalized spacial score (nSPS) is 12.8. The molecule has 0 aliphatic heterocycles. The second-order valence-corrected chi connectivity index (χ2v) is 5.74. The number of methoxy groups -OCH3 is 1.